The zero-order valence-corrected chi connectivity index (χ0v) is 17.1. The van der Waals surface area contributed by atoms with Crippen LogP contribution in [-0.4, -0.2) is 58.3 Å². The summed E-state index contributed by atoms with van der Waals surface area (Å²) in [5.74, 6) is -1.23. The first-order valence-corrected chi connectivity index (χ1v) is 9.48. The molecule has 27 heavy (non-hydrogen) atoms. The fourth-order valence-corrected chi connectivity index (χ4v) is 2.90. The number of nitrogens with zero attached hydrogens (tertiary/aromatic N) is 4. The summed E-state index contributed by atoms with van der Waals surface area (Å²) in [5, 5.41) is 7.58. The minimum atomic E-state index is -0.369. The second-order valence-corrected chi connectivity index (χ2v) is 7.21. The molecule has 0 bridgehead atoms. The molecule has 0 aliphatic rings. The summed E-state index contributed by atoms with van der Waals surface area (Å²) in [6.07, 6.45) is 5.43. The monoisotopic (exact) mass is 380 g/mol. The zero-order valence-electron chi connectivity index (χ0n) is 17.1. The Bertz CT molecular complexity index is 601. The van der Waals surface area contributed by atoms with Gasteiger partial charge in [-0.05, 0) is 26.2 Å². The molecule has 3 unspecified atom stereocenters. The largest absolute Gasteiger partial charge is 0.465 e. The third-order valence-electron chi connectivity index (χ3n) is 4.77. The van der Waals surface area contributed by atoms with E-state index < -0.39 is 0 Å². The van der Waals surface area contributed by atoms with E-state index in [2.05, 4.69) is 10.3 Å². The van der Waals surface area contributed by atoms with Crippen LogP contribution in [0.4, 0.5) is 0 Å². The number of ketones is 1. The highest BCUT2D eigenvalue weighted by Gasteiger charge is 2.30. The molecule has 0 spiro atoms. The van der Waals surface area contributed by atoms with Crippen LogP contribution in [0.1, 0.15) is 46.5 Å². The molecule has 1 rings (SSSR count). The van der Waals surface area contributed by atoms with Crippen molar-refractivity contribution in [3.8, 4) is 0 Å². The summed E-state index contributed by atoms with van der Waals surface area (Å²) in [7, 11) is 3.38. The van der Waals surface area contributed by atoms with Crippen LogP contribution in [0.3, 0.4) is 0 Å². The van der Waals surface area contributed by atoms with Crippen molar-refractivity contribution in [3.63, 3.8) is 0 Å². The van der Waals surface area contributed by atoms with E-state index in [1.165, 1.54) is 11.8 Å². The predicted octanol–water partition coefficient (Wildman–Crippen LogP) is 1.95. The topological polar surface area (TPSA) is 94.4 Å². The molecule has 1 heterocycles. The summed E-state index contributed by atoms with van der Waals surface area (Å²) in [6.45, 7) is 6.18. The van der Waals surface area contributed by atoms with E-state index in [-0.39, 0.29) is 35.4 Å². The SMILES string of the molecule is CCC(CC(CC(C)C(C)=O)C(=O)N(C)C)C(=O)OCCCn1ccnn1. The standard InChI is InChI=1S/C19H32N4O4/c1-6-16(19(26)27-11-7-9-23-10-8-20-21-23)13-17(18(25)22(4)5)12-14(2)15(3)24/h8,10,14,16-17H,6-7,9,11-13H2,1-5H3. The van der Waals surface area contributed by atoms with Gasteiger partial charge in [-0.3, -0.25) is 19.1 Å². The molecular weight excluding hydrogens is 348 g/mol. The van der Waals surface area contributed by atoms with Crippen molar-refractivity contribution >= 4 is 17.7 Å². The molecule has 1 amide bonds. The highest BCUT2D eigenvalue weighted by atomic mass is 16.5. The lowest BCUT2D eigenvalue weighted by Gasteiger charge is -2.25. The van der Waals surface area contributed by atoms with Crippen LogP contribution < -0.4 is 0 Å². The smallest absolute Gasteiger partial charge is 0.308 e. The lowest BCUT2D eigenvalue weighted by molar-refractivity contribution is -0.150. The fourth-order valence-electron chi connectivity index (χ4n) is 2.90. The summed E-state index contributed by atoms with van der Waals surface area (Å²) >= 11 is 0. The van der Waals surface area contributed by atoms with Gasteiger partial charge in [-0.2, -0.15) is 0 Å². The lowest BCUT2D eigenvalue weighted by Crippen LogP contribution is -2.34. The van der Waals surface area contributed by atoms with Crippen LogP contribution >= 0.6 is 0 Å². The van der Waals surface area contributed by atoms with E-state index in [9.17, 15) is 14.4 Å². The maximum absolute atomic E-state index is 12.5. The van der Waals surface area contributed by atoms with Crippen molar-refractivity contribution in [2.24, 2.45) is 17.8 Å². The fraction of sp³-hybridized carbons (Fsp3) is 0.737. The number of esters is 1. The number of aryl methyl sites for hydroxylation is 1. The normalized spacial score (nSPS) is 14.3. The Balaban J connectivity index is 2.59. The number of hydrogen-bond acceptors (Lipinski definition) is 6. The van der Waals surface area contributed by atoms with E-state index in [4.69, 9.17) is 4.74 Å². The molecule has 0 saturated carbocycles. The summed E-state index contributed by atoms with van der Waals surface area (Å²) in [5.41, 5.74) is 0. The summed E-state index contributed by atoms with van der Waals surface area (Å²) in [4.78, 5) is 38.1. The molecule has 0 N–H and O–H groups in total. The van der Waals surface area contributed by atoms with Crippen LogP contribution in [0.15, 0.2) is 12.4 Å². The molecule has 3 atom stereocenters. The van der Waals surface area contributed by atoms with Crippen molar-refractivity contribution in [1.29, 1.82) is 0 Å². The Morgan fingerprint density at radius 2 is 1.89 bits per heavy atom. The molecule has 8 heteroatoms. The van der Waals surface area contributed by atoms with Crippen molar-refractivity contribution < 1.29 is 19.1 Å². The van der Waals surface area contributed by atoms with Crippen LogP contribution in [-0.2, 0) is 25.7 Å². The van der Waals surface area contributed by atoms with Gasteiger partial charge < -0.3 is 9.64 Å². The van der Waals surface area contributed by atoms with Crippen LogP contribution in [0.5, 0.6) is 0 Å². The zero-order chi connectivity index (χ0) is 20.4. The maximum Gasteiger partial charge on any atom is 0.308 e. The van der Waals surface area contributed by atoms with Gasteiger partial charge in [0.25, 0.3) is 0 Å². The van der Waals surface area contributed by atoms with Gasteiger partial charge in [0.1, 0.15) is 5.78 Å². The summed E-state index contributed by atoms with van der Waals surface area (Å²) < 4.78 is 7.08. The van der Waals surface area contributed by atoms with E-state index in [1.54, 1.807) is 31.2 Å². The lowest BCUT2D eigenvalue weighted by atomic mass is 9.84. The number of aromatic nitrogens is 3. The van der Waals surface area contributed by atoms with Crippen molar-refractivity contribution in [3.05, 3.63) is 12.4 Å². The van der Waals surface area contributed by atoms with Gasteiger partial charge in [0.2, 0.25) is 5.91 Å². The summed E-state index contributed by atoms with van der Waals surface area (Å²) in [6, 6.07) is 0. The Morgan fingerprint density at radius 1 is 1.19 bits per heavy atom. The first kappa shape index (κ1) is 22.8. The Hall–Kier alpha value is -2.25. The van der Waals surface area contributed by atoms with Gasteiger partial charge in [-0.15, -0.1) is 5.10 Å². The van der Waals surface area contributed by atoms with Crippen molar-refractivity contribution in [2.45, 2.75) is 53.0 Å². The average molecular weight is 380 g/mol. The van der Waals surface area contributed by atoms with Crippen molar-refractivity contribution in [1.82, 2.24) is 19.9 Å². The molecule has 0 aliphatic heterocycles. The number of hydrogen-bond donors (Lipinski definition) is 0. The molecule has 1 aromatic heterocycles. The Labute approximate surface area is 161 Å². The first-order chi connectivity index (χ1) is 12.8. The number of amides is 1. The highest BCUT2D eigenvalue weighted by Crippen LogP contribution is 2.25. The van der Waals surface area contributed by atoms with Gasteiger partial charge in [0.05, 0.1) is 18.7 Å². The molecule has 1 aromatic rings. The Morgan fingerprint density at radius 3 is 2.41 bits per heavy atom. The second kappa shape index (κ2) is 11.5. The van der Waals surface area contributed by atoms with Crippen LogP contribution in [0.25, 0.3) is 0 Å². The maximum atomic E-state index is 12.5. The molecular formula is C19H32N4O4. The van der Waals surface area contributed by atoms with Gasteiger partial charge in [0.15, 0.2) is 0 Å². The molecule has 8 nitrogen and oxygen atoms in total. The van der Waals surface area contributed by atoms with Crippen LogP contribution in [0, 0.1) is 17.8 Å². The number of carbonyl (C=O) groups excluding carboxylic acids is 3. The number of carbonyl (C=O) groups is 3. The van der Waals surface area contributed by atoms with Gasteiger partial charge in [-0.25, -0.2) is 0 Å². The predicted molar refractivity (Wildman–Crippen MR) is 101 cm³/mol. The van der Waals surface area contributed by atoms with E-state index >= 15 is 0 Å². The molecule has 0 aromatic carbocycles. The minimum absolute atomic E-state index is 0.0512. The molecule has 0 fully saturated rings. The highest BCUT2D eigenvalue weighted by molar-refractivity contribution is 5.82. The van der Waals surface area contributed by atoms with Gasteiger partial charge in [0, 0.05) is 45.1 Å². The molecule has 0 radical (unpaired) electrons. The van der Waals surface area contributed by atoms with Crippen LogP contribution in [0.2, 0.25) is 0 Å². The van der Waals surface area contributed by atoms with Gasteiger partial charge in [-0.1, -0.05) is 19.1 Å². The first-order valence-electron chi connectivity index (χ1n) is 9.48. The number of rotatable bonds is 12. The second-order valence-electron chi connectivity index (χ2n) is 7.21. The van der Waals surface area contributed by atoms with Gasteiger partial charge >= 0.3 is 5.97 Å². The average Bonchev–Trinajstić information content (AvgIpc) is 3.14. The number of Topliss-reactive ketones (excluding diaryl/α,β-unsaturated/α-hetero) is 1. The molecule has 0 saturated heterocycles. The third-order valence-corrected chi connectivity index (χ3v) is 4.77. The number of ether oxygens (including phenoxy) is 1. The van der Waals surface area contributed by atoms with E-state index in [0.717, 1.165) is 0 Å². The minimum Gasteiger partial charge on any atom is -0.465 e. The third kappa shape index (κ3) is 7.88. The molecule has 152 valence electrons. The Kier molecular flexibility index (Phi) is 9.67. The molecule has 0 aliphatic carbocycles. The van der Waals surface area contributed by atoms with E-state index in [0.29, 0.717) is 38.8 Å². The quantitative estimate of drug-likeness (QED) is 0.406. The van der Waals surface area contributed by atoms with E-state index in [1.807, 2.05) is 13.8 Å². The van der Waals surface area contributed by atoms with Crippen molar-refractivity contribution in [2.75, 3.05) is 20.7 Å².